The highest BCUT2D eigenvalue weighted by Gasteiger charge is 2.26. The lowest BCUT2D eigenvalue weighted by Crippen LogP contribution is -2.26. The Labute approximate surface area is 178 Å². The number of carboxylic acid groups (broad SMARTS) is 1. The van der Waals surface area contributed by atoms with E-state index in [0.29, 0.717) is 12.3 Å². The summed E-state index contributed by atoms with van der Waals surface area (Å²) >= 11 is 0. The van der Waals surface area contributed by atoms with Crippen LogP contribution in [0.2, 0.25) is 0 Å². The Morgan fingerprint density at radius 2 is 2.03 bits per heavy atom. The molecule has 3 N–H and O–H groups in total. The normalized spacial score (nSPS) is 17.6. The fourth-order valence-electron chi connectivity index (χ4n) is 4.52. The maximum atomic E-state index is 11.1. The number of nitrogens with zero attached hydrogens (tertiary/aromatic N) is 2. The number of nitrogens with two attached hydrogens (primary N) is 1. The van der Waals surface area contributed by atoms with Gasteiger partial charge in [0.2, 0.25) is 0 Å². The minimum absolute atomic E-state index is 0.221. The first-order chi connectivity index (χ1) is 14.7. The van der Waals surface area contributed by atoms with Gasteiger partial charge in [-0.15, -0.1) is 0 Å². The first-order valence-corrected chi connectivity index (χ1v) is 11.0. The minimum atomic E-state index is -1.01. The van der Waals surface area contributed by atoms with Crippen molar-refractivity contribution in [1.29, 1.82) is 0 Å². The molecule has 2 unspecified atom stereocenters. The van der Waals surface area contributed by atoms with Crippen LogP contribution in [0.5, 0.6) is 0 Å². The molecule has 3 rings (SSSR count). The van der Waals surface area contributed by atoms with Gasteiger partial charge < -0.3 is 9.67 Å². The fourth-order valence-corrected chi connectivity index (χ4v) is 4.52. The molecule has 0 radical (unpaired) electrons. The average molecular weight is 412 g/mol. The van der Waals surface area contributed by atoms with Crippen molar-refractivity contribution >= 4 is 5.97 Å². The zero-order chi connectivity index (χ0) is 21.2. The van der Waals surface area contributed by atoms with Crippen molar-refractivity contribution < 1.29 is 14.7 Å². The lowest BCUT2D eigenvalue weighted by atomic mass is 9.79. The van der Waals surface area contributed by atoms with Crippen LogP contribution in [0.1, 0.15) is 63.0 Å². The molecule has 1 aliphatic carbocycles. The molecule has 6 heteroatoms. The summed E-state index contributed by atoms with van der Waals surface area (Å²) in [5.41, 5.74) is 2.76. The molecular formula is C24H33N3O3. The zero-order valence-electron chi connectivity index (χ0n) is 17.5. The molecule has 0 bridgehead atoms. The monoisotopic (exact) mass is 411 g/mol. The molecule has 30 heavy (non-hydrogen) atoms. The molecule has 0 aliphatic heterocycles. The van der Waals surface area contributed by atoms with E-state index in [9.17, 15) is 4.79 Å². The number of aliphatic carboxylic acids is 1. The summed E-state index contributed by atoms with van der Waals surface area (Å²) in [6.45, 7) is 0. The number of hydrogen-bond acceptors (Lipinski definition) is 4. The maximum Gasteiger partial charge on any atom is 0.334 e. The van der Waals surface area contributed by atoms with Gasteiger partial charge in [0.05, 0.1) is 12.4 Å². The molecule has 6 nitrogen and oxygen atoms in total. The van der Waals surface area contributed by atoms with Gasteiger partial charge in [-0.25, -0.2) is 15.7 Å². The number of hydrogen-bond donors (Lipinski definition) is 2. The predicted octanol–water partition coefficient (Wildman–Crippen LogP) is 4.69. The number of unbranched alkanes of at least 4 members (excludes halogenated alkanes) is 1. The molecule has 1 aliphatic rings. The van der Waals surface area contributed by atoms with Gasteiger partial charge >= 0.3 is 5.97 Å². The summed E-state index contributed by atoms with van der Waals surface area (Å²) in [5.74, 6) is 4.68. The van der Waals surface area contributed by atoms with Crippen LogP contribution in [0, 0.1) is 5.92 Å². The van der Waals surface area contributed by atoms with E-state index >= 15 is 0 Å². The third kappa shape index (κ3) is 6.28. The molecule has 0 saturated heterocycles. The number of aromatic nitrogens is 2. The number of carbonyl (C=O) groups is 1. The summed E-state index contributed by atoms with van der Waals surface area (Å²) in [7, 11) is 0. The second kappa shape index (κ2) is 11.7. The van der Waals surface area contributed by atoms with Crippen LogP contribution in [0.25, 0.3) is 0 Å². The quantitative estimate of drug-likeness (QED) is 0.318. The van der Waals surface area contributed by atoms with E-state index in [1.54, 1.807) is 0 Å². The third-order valence-electron chi connectivity index (χ3n) is 6.11. The van der Waals surface area contributed by atoms with E-state index in [1.807, 2.05) is 24.8 Å². The SMILES string of the molecule is NOC(CCC/C=C(/C1CCCCC1)C(Cc1ccccc1)n1ccnc1)C(=O)O. The lowest BCUT2D eigenvalue weighted by Gasteiger charge is -2.31. The summed E-state index contributed by atoms with van der Waals surface area (Å²) < 4.78 is 2.22. The van der Waals surface area contributed by atoms with E-state index in [4.69, 9.17) is 11.0 Å². The standard InChI is InChI=1S/C24H33N3O3/c25-30-23(24(28)29)14-8-7-13-21(20-11-5-2-6-12-20)22(27-16-15-26-18-27)17-19-9-3-1-4-10-19/h1,3-4,9-10,13,15-16,18,20,22-23H,2,5-8,11-12,14,17,25H2,(H,28,29)/b21-13-. The van der Waals surface area contributed by atoms with Crippen molar-refractivity contribution in [3.8, 4) is 0 Å². The molecule has 2 aromatic rings. The molecule has 0 spiro atoms. The predicted molar refractivity (Wildman–Crippen MR) is 117 cm³/mol. The summed E-state index contributed by atoms with van der Waals surface area (Å²) in [5, 5.41) is 9.13. The molecule has 1 saturated carbocycles. The van der Waals surface area contributed by atoms with Crippen LogP contribution in [-0.2, 0) is 16.1 Å². The molecule has 1 heterocycles. The first kappa shape index (κ1) is 22.2. The number of imidazole rings is 1. The molecule has 0 amide bonds. The highest BCUT2D eigenvalue weighted by atomic mass is 16.6. The van der Waals surface area contributed by atoms with Crippen molar-refractivity contribution in [2.24, 2.45) is 11.8 Å². The van der Waals surface area contributed by atoms with Gasteiger partial charge in [0, 0.05) is 12.4 Å². The molecule has 2 atom stereocenters. The van der Waals surface area contributed by atoms with E-state index < -0.39 is 12.1 Å². The Hall–Kier alpha value is -2.44. The smallest absolute Gasteiger partial charge is 0.334 e. The summed E-state index contributed by atoms with van der Waals surface area (Å²) in [6, 6.07) is 10.8. The molecule has 1 aromatic heterocycles. The van der Waals surface area contributed by atoms with Crippen LogP contribution in [0.4, 0.5) is 0 Å². The van der Waals surface area contributed by atoms with Crippen LogP contribution in [0.3, 0.4) is 0 Å². The van der Waals surface area contributed by atoms with Crippen molar-refractivity contribution in [1.82, 2.24) is 9.55 Å². The highest BCUT2D eigenvalue weighted by Crippen LogP contribution is 2.37. The molecule has 1 fully saturated rings. The Kier molecular flexibility index (Phi) is 8.66. The van der Waals surface area contributed by atoms with Crippen LogP contribution < -0.4 is 5.90 Å². The van der Waals surface area contributed by atoms with Crippen molar-refractivity contribution in [3.63, 3.8) is 0 Å². The van der Waals surface area contributed by atoms with Crippen molar-refractivity contribution in [2.75, 3.05) is 0 Å². The van der Waals surface area contributed by atoms with E-state index in [1.165, 1.54) is 43.2 Å². The Balaban J connectivity index is 1.81. The number of rotatable bonds is 11. The Morgan fingerprint density at radius 1 is 1.27 bits per heavy atom. The van der Waals surface area contributed by atoms with Crippen LogP contribution in [0.15, 0.2) is 60.7 Å². The van der Waals surface area contributed by atoms with E-state index in [0.717, 1.165) is 19.3 Å². The van der Waals surface area contributed by atoms with Gasteiger partial charge in [-0.3, -0.25) is 4.84 Å². The van der Waals surface area contributed by atoms with Crippen molar-refractivity contribution in [2.45, 2.75) is 69.9 Å². The Bertz CT molecular complexity index is 783. The first-order valence-electron chi connectivity index (χ1n) is 11.0. The summed E-state index contributed by atoms with van der Waals surface area (Å²) in [6.07, 6.45) is 16.4. The number of carboxylic acids is 1. The average Bonchev–Trinajstić information content (AvgIpc) is 3.31. The number of allylic oxidation sites excluding steroid dienone is 2. The van der Waals surface area contributed by atoms with E-state index in [-0.39, 0.29) is 6.04 Å². The van der Waals surface area contributed by atoms with Crippen molar-refractivity contribution in [3.05, 3.63) is 66.3 Å². The van der Waals surface area contributed by atoms with Gasteiger partial charge in [-0.2, -0.15) is 0 Å². The topological polar surface area (TPSA) is 90.4 Å². The minimum Gasteiger partial charge on any atom is -0.479 e. The zero-order valence-corrected chi connectivity index (χ0v) is 17.5. The van der Waals surface area contributed by atoms with Crippen LogP contribution in [-0.4, -0.2) is 26.7 Å². The number of benzene rings is 1. The highest BCUT2D eigenvalue weighted by molar-refractivity contribution is 5.72. The lowest BCUT2D eigenvalue weighted by molar-refractivity contribution is -0.151. The third-order valence-corrected chi connectivity index (χ3v) is 6.11. The maximum absolute atomic E-state index is 11.1. The second-order valence-corrected chi connectivity index (χ2v) is 8.15. The van der Waals surface area contributed by atoms with Gasteiger partial charge in [0.1, 0.15) is 0 Å². The van der Waals surface area contributed by atoms with Gasteiger partial charge in [0.15, 0.2) is 6.10 Å². The van der Waals surface area contributed by atoms with Gasteiger partial charge in [-0.1, -0.05) is 55.7 Å². The van der Waals surface area contributed by atoms with E-state index in [2.05, 4.69) is 44.7 Å². The molecular weight excluding hydrogens is 378 g/mol. The van der Waals surface area contributed by atoms with Gasteiger partial charge in [0.25, 0.3) is 0 Å². The molecule has 162 valence electrons. The Morgan fingerprint density at radius 3 is 2.67 bits per heavy atom. The largest absolute Gasteiger partial charge is 0.479 e. The second-order valence-electron chi connectivity index (χ2n) is 8.15. The molecule has 1 aromatic carbocycles. The van der Waals surface area contributed by atoms with Gasteiger partial charge in [-0.05, 0) is 55.6 Å². The summed E-state index contributed by atoms with van der Waals surface area (Å²) in [4.78, 5) is 20.0. The fraction of sp³-hybridized carbons (Fsp3) is 0.500. The van der Waals surface area contributed by atoms with Crippen LogP contribution >= 0.6 is 0 Å².